The molecule has 2 nitrogen and oxygen atoms in total. The largest absolute Gasteiger partial charge is 0.385 e. The van der Waals surface area contributed by atoms with Crippen LogP contribution in [0.5, 0.6) is 0 Å². The number of ether oxygens (including phenoxy) is 1. The van der Waals surface area contributed by atoms with Crippen LogP contribution in [0.25, 0.3) is 0 Å². The van der Waals surface area contributed by atoms with E-state index in [1.165, 1.54) is 5.75 Å². The second-order valence-corrected chi connectivity index (χ2v) is 5.98. The third-order valence-corrected chi connectivity index (χ3v) is 2.79. The van der Waals surface area contributed by atoms with Crippen LogP contribution in [-0.2, 0) is 4.74 Å². The summed E-state index contributed by atoms with van der Waals surface area (Å²) in [6.45, 7) is 9.79. The predicted molar refractivity (Wildman–Crippen MR) is 61.6 cm³/mol. The molecule has 0 radical (unpaired) electrons. The van der Waals surface area contributed by atoms with Gasteiger partial charge < -0.3 is 10.1 Å². The van der Waals surface area contributed by atoms with Gasteiger partial charge in [0.1, 0.15) is 0 Å². The van der Waals surface area contributed by atoms with Crippen molar-refractivity contribution in [3.63, 3.8) is 0 Å². The van der Waals surface area contributed by atoms with Gasteiger partial charge in [0.15, 0.2) is 0 Å². The summed E-state index contributed by atoms with van der Waals surface area (Å²) in [4.78, 5) is 0. The zero-order chi connectivity index (χ0) is 10.2. The topological polar surface area (TPSA) is 21.3 Å². The molecule has 13 heavy (non-hydrogen) atoms. The summed E-state index contributed by atoms with van der Waals surface area (Å²) in [6, 6.07) is 0. The van der Waals surface area contributed by atoms with Crippen LogP contribution in [0.15, 0.2) is 0 Å². The average molecular weight is 205 g/mol. The molecule has 0 atom stereocenters. The Hall–Kier alpha value is 0.270. The van der Waals surface area contributed by atoms with E-state index in [-0.39, 0.29) is 0 Å². The number of thioether (sulfide) groups is 1. The first-order valence-corrected chi connectivity index (χ1v) is 5.88. The Morgan fingerprint density at radius 2 is 1.92 bits per heavy atom. The zero-order valence-electron chi connectivity index (χ0n) is 9.35. The Morgan fingerprint density at radius 1 is 1.23 bits per heavy atom. The van der Waals surface area contributed by atoms with E-state index >= 15 is 0 Å². The highest BCUT2D eigenvalue weighted by molar-refractivity contribution is 8.00. The highest BCUT2D eigenvalue weighted by atomic mass is 32.2. The van der Waals surface area contributed by atoms with Gasteiger partial charge in [-0.25, -0.2) is 0 Å². The van der Waals surface area contributed by atoms with Gasteiger partial charge in [0.2, 0.25) is 0 Å². The first-order valence-electron chi connectivity index (χ1n) is 4.90. The second-order valence-electron chi connectivity index (χ2n) is 4.06. The van der Waals surface area contributed by atoms with Crippen LogP contribution in [0, 0.1) is 0 Å². The van der Waals surface area contributed by atoms with E-state index in [1.54, 1.807) is 7.11 Å². The Labute approximate surface area is 86.8 Å². The van der Waals surface area contributed by atoms with Crippen molar-refractivity contribution in [2.75, 3.05) is 32.6 Å². The van der Waals surface area contributed by atoms with Gasteiger partial charge in [-0.05, 0) is 13.0 Å². The van der Waals surface area contributed by atoms with Gasteiger partial charge in [0, 0.05) is 30.8 Å². The van der Waals surface area contributed by atoms with E-state index in [1.807, 2.05) is 11.8 Å². The number of hydrogen-bond donors (Lipinski definition) is 1. The smallest absolute Gasteiger partial charge is 0.0474 e. The standard InChI is InChI=1S/C10H23NOS/c1-10(2,3)13-9-7-11-6-5-8-12-4/h11H,5-9H2,1-4H3. The van der Waals surface area contributed by atoms with Gasteiger partial charge in [-0.1, -0.05) is 20.8 Å². The molecule has 0 heterocycles. The fourth-order valence-electron chi connectivity index (χ4n) is 0.896. The van der Waals surface area contributed by atoms with Gasteiger partial charge in [-0.15, -0.1) is 0 Å². The molecule has 1 N–H and O–H groups in total. The number of hydrogen-bond acceptors (Lipinski definition) is 3. The monoisotopic (exact) mass is 205 g/mol. The predicted octanol–water partition coefficient (Wildman–Crippen LogP) is 2.14. The molecule has 0 aliphatic heterocycles. The van der Waals surface area contributed by atoms with Crippen LogP contribution in [0.3, 0.4) is 0 Å². The molecule has 0 aliphatic carbocycles. The maximum absolute atomic E-state index is 4.96. The molecule has 3 heteroatoms. The molecule has 0 fully saturated rings. The van der Waals surface area contributed by atoms with Crippen molar-refractivity contribution in [2.24, 2.45) is 0 Å². The first-order chi connectivity index (χ1) is 6.06. The summed E-state index contributed by atoms with van der Waals surface area (Å²) in [6.07, 6.45) is 1.11. The minimum atomic E-state index is 0.397. The normalized spacial score (nSPS) is 12.0. The molecule has 0 bridgehead atoms. The maximum Gasteiger partial charge on any atom is 0.0474 e. The molecule has 0 aromatic rings. The first kappa shape index (κ1) is 13.3. The van der Waals surface area contributed by atoms with Crippen molar-refractivity contribution in [3.8, 4) is 0 Å². The van der Waals surface area contributed by atoms with Crippen LogP contribution in [-0.4, -0.2) is 37.3 Å². The zero-order valence-corrected chi connectivity index (χ0v) is 10.2. The molecule has 80 valence electrons. The van der Waals surface area contributed by atoms with E-state index in [2.05, 4.69) is 26.1 Å². The molecule has 0 aromatic heterocycles. The minimum Gasteiger partial charge on any atom is -0.385 e. The second kappa shape index (κ2) is 7.65. The summed E-state index contributed by atoms with van der Waals surface area (Å²) in [5.41, 5.74) is 0. The average Bonchev–Trinajstić information content (AvgIpc) is 2.01. The minimum absolute atomic E-state index is 0.397. The van der Waals surface area contributed by atoms with Crippen LogP contribution in [0.2, 0.25) is 0 Å². The lowest BCUT2D eigenvalue weighted by Crippen LogP contribution is -2.21. The van der Waals surface area contributed by atoms with Crippen LogP contribution in [0.4, 0.5) is 0 Å². The van der Waals surface area contributed by atoms with E-state index in [9.17, 15) is 0 Å². The SMILES string of the molecule is COCCCNCCSC(C)(C)C. The lowest BCUT2D eigenvalue weighted by molar-refractivity contribution is 0.194. The Balaban J connectivity index is 3.00. The highest BCUT2D eigenvalue weighted by Gasteiger charge is 2.08. The third kappa shape index (κ3) is 12.3. The van der Waals surface area contributed by atoms with Gasteiger partial charge in [0.25, 0.3) is 0 Å². The third-order valence-electron chi connectivity index (χ3n) is 1.52. The van der Waals surface area contributed by atoms with Gasteiger partial charge in [-0.2, -0.15) is 11.8 Å². The number of rotatable bonds is 7. The highest BCUT2D eigenvalue weighted by Crippen LogP contribution is 2.21. The van der Waals surface area contributed by atoms with E-state index in [0.717, 1.165) is 26.1 Å². The number of methoxy groups -OCH3 is 1. The van der Waals surface area contributed by atoms with Crippen LogP contribution in [0.1, 0.15) is 27.2 Å². The van der Waals surface area contributed by atoms with Crippen molar-refractivity contribution in [1.82, 2.24) is 5.32 Å². The van der Waals surface area contributed by atoms with Crippen molar-refractivity contribution in [1.29, 1.82) is 0 Å². The molecule has 0 saturated heterocycles. The fraction of sp³-hybridized carbons (Fsp3) is 1.00. The molecule has 0 aromatic carbocycles. The Bertz CT molecular complexity index is 112. The lowest BCUT2D eigenvalue weighted by atomic mass is 10.3. The van der Waals surface area contributed by atoms with Crippen molar-refractivity contribution < 1.29 is 4.74 Å². The van der Waals surface area contributed by atoms with Gasteiger partial charge in [0.05, 0.1) is 0 Å². The molecular weight excluding hydrogens is 182 g/mol. The van der Waals surface area contributed by atoms with Crippen LogP contribution >= 0.6 is 11.8 Å². The molecule has 0 saturated carbocycles. The van der Waals surface area contributed by atoms with Crippen molar-refractivity contribution in [2.45, 2.75) is 31.9 Å². The molecule has 0 spiro atoms. The van der Waals surface area contributed by atoms with Crippen molar-refractivity contribution in [3.05, 3.63) is 0 Å². The summed E-state index contributed by atoms with van der Waals surface area (Å²) in [5, 5.41) is 3.39. The van der Waals surface area contributed by atoms with Crippen molar-refractivity contribution >= 4 is 11.8 Å². The number of nitrogens with one attached hydrogen (secondary N) is 1. The summed E-state index contributed by atoms with van der Waals surface area (Å²) >= 11 is 2.00. The molecule has 0 amide bonds. The maximum atomic E-state index is 4.96. The van der Waals surface area contributed by atoms with Gasteiger partial charge in [-0.3, -0.25) is 0 Å². The quantitative estimate of drug-likeness (QED) is 0.644. The van der Waals surface area contributed by atoms with E-state index in [0.29, 0.717) is 4.75 Å². The summed E-state index contributed by atoms with van der Waals surface area (Å²) in [5.74, 6) is 1.19. The fourth-order valence-corrected chi connectivity index (χ4v) is 1.75. The Kier molecular flexibility index (Phi) is 7.81. The molecular formula is C10H23NOS. The van der Waals surface area contributed by atoms with E-state index in [4.69, 9.17) is 4.74 Å². The molecule has 0 aliphatic rings. The summed E-state index contributed by atoms with van der Waals surface area (Å²) < 4.78 is 5.35. The van der Waals surface area contributed by atoms with Crippen LogP contribution < -0.4 is 5.32 Å². The summed E-state index contributed by atoms with van der Waals surface area (Å²) in [7, 11) is 1.75. The van der Waals surface area contributed by atoms with E-state index < -0.39 is 0 Å². The Morgan fingerprint density at radius 3 is 2.46 bits per heavy atom. The van der Waals surface area contributed by atoms with Gasteiger partial charge >= 0.3 is 0 Å². The lowest BCUT2D eigenvalue weighted by Gasteiger charge is -2.17. The molecule has 0 rings (SSSR count). The molecule has 0 unspecified atom stereocenters.